The van der Waals surface area contributed by atoms with Crippen LogP contribution in [0.4, 0.5) is 5.69 Å². The van der Waals surface area contributed by atoms with E-state index in [-0.39, 0.29) is 23.4 Å². The highest BCUT2D eigenvalue weighted by molar-refractivity contribution is 6.06. The third-order valence-corrected chi connectivity index (χ3v) is 4.69. The summed E-state index contributed by atoms with van der Waals surface area (Å²) in [5.74, 6) is 0.0985. The molecule has 0 aliphatic rings. The molecule has 8 heteroatoms. The lowest BCUT2D eigenvalue weighted by molar-refractivity contribution is 0.0942. The van der Waals surface area contributed by atoms with Crippen molar-refractivity contribution in [1.29, 1.82) is 0 Å². The number of carbonyl (C=O) groups is 2. The number of hydrogen-bond donors (Lipinski definition) is 2. The first kappa shape index (κ1) is 22.7. The summed E-state index contributed by atoms with van der Waals surface area (Å²) in [6.45, 7) is 7.60. The Morgan fingerprint density at radius 3 is 2.38 bits per heavy atom. The molecule has 166 valence electrons. The number of anilines is 1. The third-order valence-electron chi connectivity index (χ3n) is 4.69. The number of para-hydroxylation sites is 1. The number of benzene rings is 2. The number of carbonyl (C=O) groups excluding carboxylic acids is 2. The van der Waals surface area contributed by atoms with E-state index in [2.05, 4.69) is 20.6 Å². The van der Waals surface area contributed by atoms with E-state index >= 15 is 0 Å². The number of nitrogens with one attached hydrogen (secondary N) is 2. The van der Waals surface area contributed by atoms with Crippen LogP contribution in [0.3, 0.4) is 0 Å². The highest BCUT2D eigenvalue weighted by Crippen LogP contribution is 2.33. The summed E-state index contributed by atoms with van der Waals surface area (Å²) >= 11 is 0. The number of aryl methyl sites for hydroxylation is 2. The number of rotatable bonds is 7. The van der Waals surface area contributed by atoms with Gasteiger partial charge in [0.05, 0.1) is 7.11 Å². The van der Waals surface area contributed by atoms with E-state index < -0.39 is 5.91 Å². The SMILES string of the molecule is COc1cc(C(=O)NC(C)C)ccc1Oc1ncncc1C(=O)Nc1c(C)cccc1C. The molecule has 32 heavy (non-hydrogen) atoms. The first-order valence-electron chi connectivity index (χ1n) is 10.1. The summed E-state index contributed by atoms with van der Waals surface area (Å²) in [7, 11) is 1.47. The Kier molecular flexibility index (Phi) is 7.04. The van der Waals surface area contributed by atoms with Gasteiger partial charge in [0, 0.05) is 23.5 Å². The molecule has 0 fully saturated rings. The van der Waals surface area contributed by atoms with Crippen molar-refractivity contribution in [2.45, 2.75) is 33.7 Å². The molecule has 0 saturated heterocycles. The number of amides is 2. The summed E-state index contributed by atoms with van der Waals surface area (Å²) < 4.78 is 11.3. The van der Waals surface area contributed by atoms with E-state index in [4.69, 9.17) is 9.47 Å². The quantitative estimate of drug-likeness (QED) is 0.575. The Bertz CT molecular complexity index is 1120. The van der Waals surface area contributed by atoms with E-state index in [9.17, 15) is 9.59 Å². The molecule has 0 unspecified atom stereocenters. The standard InChI is InChI=1S/C24H26N4O4/c1-14(2)27-22(29)17-9-10-19(20(11-17)31-5)32-24-18(12-25-13-26-24)23(30)28-21-15(3)7-6-8-16(21)4/h6-14H,1-5H3,(H,27,29)(H,28,30). The number of methoxy groups -OCH3 is 1. The van der Waals surface area contributed by atoms with Crippen LogP contribution in [0.1, 0.15) is 45.7 Å². The van der Waals surface area contributed by atoms with Crippen molar-refractivity contribution in [3.63, 3.8) is 0 Å². The van der Waals surface area contributed by atoms with E-state index in [0.29, 0.717) is 17.1 Å². The molecule has 0 saturated carbocycles. The zero-order chi connectivity index (χ0) is 23.3. The molecule has 2 amide bonds. The van der Waals surface area contributed by atoms with Gasteiger partial charge >= 0.3 is 0 Å². The van der Waals surface area contributed by atoms with Gasteiger partial charge < -0.3 is 20.1 Å². The molecule has 3 aromatic rings. The Balaban J connectivity index is 1.88. The largest absolute Gasteiger partial charge is 0.493 e. The maximum absolute atomic E-state index is 13.0. The average Bonchev–Trinajstić information content (AvgIpc) is 2.76. The molecular formula is C24H26N4O4. The van der Waals surface area contributed by atoms with E-state index in [1.165, 1.54) is 19.6 Å². The molecule has 1 heterocycles. The molecule has 2 N–H and O–H groups in total. The van der Waals surface area contributed by atoms with Crippen LogP contribution in [0.5, 0.6) is 17.4 Å². The summed E-state index contributed by atoms with van der Waals surface area (Å²) in [6, 6.07) is 10.6. The first-order chi connectivity index (χ1) is 15.3. The third kappa shape index (κ3) is 5.21. The van der Waals surface area contributed by atoms with Gasteiger partial charge in [-0.1, -0.05) is 18.2 Å². The van der Waals surface area contributed by atoms with E-state index in [0.717, 1.165) is 16.8 Å². The van der Waals surface area contributed by atoms with Crippen molar-refractivity contribution in [2.24, 2.45) is 0 Å². The average molecular weight is 434 g/mol. The minimum atomic E-state index is -0.398. The van der Waals surface area contributed by atoms with E-state index in [1.807, 2.05) is 45.9 Å². The summed E-state index contributed by atoms with van der Waals surface area (Å²) in [6.07, 6.45) is 2.68. The van der Waals surface area contributed by atoms with Crippen molar-refractivity contribution in [2.75, 3.05) is 12.4 Å². The topological polar surface area (TPSA) is 102 Å². The van der Waals surface area contributed by atoms with Crippen molar-refractivity contribution in [3.05, 3.63) is 71.2 Å². The van der Waals surface area contributed by atoms with Crippen molar-refractivity contribution in [1.82, 2.24) is 15.3 Å². The summed E-state index contributed by atoms with van der Waals surface area (Å²) in [5, 5.41) is 5.74. The smallest absolute Gasteiger partial charge is 0.262 e. The molecule has 0 atom stereocenters. The van der Waals surface area contributed by atoms with Crippen molar-refractivity contribution >= 4 is 17.5 Å². The molecule has 0 aliphatic carbocycles. The summed E-state index contributed by atoms with van der Waals surface area (Å²) in [5.41, 5.74) is 3.20. The van der Waals surface area contributed by atoms with Crippen molar-refractivity contribution < 1.29 is 19.1 Å². The predicted molar refractivity (Wildman–Crippen MR) is 122 cm³/mol. The fraction of sp³-hybridized carbons (Fsp3) is 0.250. The maximum atomic E-state index is 13.0. The van der Waals surface area contributed by atoms with Crippen LogP contribution < -0.4 is 20.1 Å². The van der Waals surface area contributed by atoms with Gasteiger partial charge in [0.15, 0.2) is 11.5 Å². The van der Waals surface area contributed by atoms with Gasteiger partial charge in [0.25, 0.3) is 11.8 Å². The Morgan fingerprint density at radius 1 is 1.00 bits per heavy atom. The van der Waals surface area contributed by atoms with Crippen LogP contribution in [0.15, 0.2) is 48.9 Å². The van der Waals surface area contributed by atoms with Crippen molar-refractivity contribution in [3.8, 4) is 17.4 Å². The predicted octanol–water partition coefficient (Wildman–Crippen LogP) is 4.28. The molecule has 2 aromatic carbocycles. The molecule has 0 aliphatic heterocycles. The van der Waals surface area contributed by atoms with Gasteiger partial charge in [-0.3, -0.25) is 9.59 Å². The van der Waals surface area contributed by atoms with E-state index in [1.54, 1.807) is 18.2 Å². The fourth-order valence-electron chi connectivity index (χ4n) is 3.09. The van der Waals surface area contributed by atoms with Gasteiger partial charge in [-0.2, -0.15) is 0 Å². The first-order valence-corrected chi connectivity index (χ1v) is 10.1. The molecule has 3 rings (SSSR count). The number of ether oxygens (including phenoxy) is 2. The Labute approximate surface area is 187 Å². The highest BCUT2D eigenvalue weighted by atomic mass is 16.5. The molecule has 0 spiro atoms. The monoisotopic (exact) mass is 434 g/mol. The second-order valence-electron chi connectivity index (χ2n) is 7.56. The molecule has 8 nitrogen and oxygen atoms in total. The zero-order valence-electron chi connectivity index (χ0n) is 18.7. The van der Waals surface area contributed by atoms with Crippen LogP contribution in [-0.2, 0) is 0 Å². The second-order valence-corrected chi connectivity index (χ2v) is 7.56. The van der Waals surface area contributed by atoms with Crippen LogP contribution in [0.2, 0.25) is 0 Å². The Hall–Kier alpha value is -3.94. The maximum Gasteiger partial charge on any atom is 0.262 e. The molecular weight excluding hydrogens is 408 g/mol. The van der Waals surface area contributed by atoms with Gasteiger partial charge in [-0.15, -0.1) is 0 Å². The van der Waals surface area contributed by atoms with Gasteiger partial charge in [0.2, 0.25) is 5.88 Å². The lowest BCUT2D eigenvalue weighted by Gasteiger charge is -2.15. The molecule has 0 bridgehead atoms. The van der Waals surface area contributed by atoms with Crippen LogP contribution in [0.25, 0.3) is 0 Å². The second kappa shape index (κ2) is 9.91. The summed E-state index contributed by atoms with van der Waals surface area (Å²) in [4.78, 5) is 33.3. The van der Waals surface area contributed by atoms with Gasteiger partial charge in [0.1, 0.15) is 11.9 Å². The van der Waals surface area contributed by atoms with Crippen LogP contribution in [-0.4, -0.2) is 34.9 Å². The number of nitrogens with zero attached hydrogens (tertiary/aromatic N) is 2. The minimum absolute atomic E-state index is 0.00315. The lowest BCUT2D eigenvalue weighted by atomic mass is 10.1. The normalized spacial score (nSPS) is 10.6. The number of aromatic nitrogens is 2. The van der Waals surface area contributed by atoms with Gasteiger partial charge in [-0.05, 0) is 57.0 Å². The lowest BCUT2D eigenvalue weighted by Crippen LogP contribution is -2.30. The molecule has 0 radical (unpaired) electrons. The van der Waals surface area contributed by atoms with Crippen LogP contribution >= 0.6 is 0 Å². The number of hydrogen-bond acceptors (Lipinski definition) is 6. The highest BCUT2D eigenvalue weighted by Gasteiger charge is 2.19. The minimum Gasteiger partial charge on any atom is -0.493 e. The molecule has 1 aromatic heterocycles. The Morgan fingerprint density at radius 2 is 1.72 bits per heavy atom. The fourth-order valence-corrected chi connectivity index (χ4v) is 3.09. The van der Waals surface area contributed by atoms with Crippen LogP contribution in [0, 0.1) is 13.8 Å². The van der Waals surface area contributed by atoms with Gasteiger partial charge in [-0.25, -0.2) is 9.97 Å². The zero-order valence-corrected chi connectivity index (χ0v) is 18.7.